The van der Waals surface area contributed by atoms with Gasteiger partial charge in [0.1, 0.15) is 0 Å². The van der Waals surface area contributed by atoms with Crippen LogP contribution in [0.15, 0.2) is 53.4 Å². The topological polar surface area (TPSA) is 55.4 Å². The second-order valence-electron chi connectivity index (χ2n) is 6.32. The molecule has 0 saturated heterocycles. The van der Waals surface area contributed by atoms with Crippen LogP contribution in [0.1, 0.15) is 71.2 Å². The van der Waals surface area contributed by atoms with Crippen molar-refractivity contribution in [3.8, 4) is 0 Å². The van der Waals surface area contributed by atoms with Crippen molar-refractivity contribution in [2.75, 3.05) is 7.11 Å². The standard InChI is InChI=1S/C22H27NO3S/c1-4-6-9-16(8-5-2)20(23-21(24)19-10-7-15-27-19)17-11-13-18(14-12-17)22(25)26-3/h7,9-15,20H,4-6,8H2,1-3H3,(H,23,24)/t20-/m1/s1. The quantitative estimate of drug-likeness (QED) is 0.456. The lowest BCUT2D eigenvalue weighted by Gasteiger charge is -2.23. The van der Waals surface area contributed by atoms with E-state index in [1.807, 2.05) is 29.6 Å². The third-order valence-electron chi connectivity index (χ3n) is 4.29. The van der Waals surface area contributed by atoms with Gasteiger partial charge in [0, 0.05) is 0 Å². The summed E-state index contributed by atoms with van der Waals surface area (Å²) in [5.41, 5.74) is 2.66. The lowest BCUT2D eigenvalue weighted by atomic mass is 9.93. The van der Waals surface area contributed by atoms with Gasteiger partial charge in [0.25, 0.3) is 5.91 Å². The number of thiophene rings is 1. The molecule has 1 N–H and O–H groups in total. The van der Waals surface area contributed by atoms with Crippen molar-refractivity contribution >= 4 is 23.2 Å². The molecule has 0 bridgehead atoms. The SMILES string of the molecule is CCCC=C(CCC)[C@@H](NC(=O)c1cccs1)c1ccc(C(=O)OC)cc1. The van der Waals surface area contributed by atoms with Crippen LogP contribution in [0.5, 0.6) is 0 Å². The molecule has 0 aliphatic heterocycles. The molecule has 2 rings (SSSR count). The minimum Gasteiger partial charge on any atom is -0.465 e. The summed E-state index contributed by atoms with van der Waals surface area (Å²) in [5, 5.41) is 5.08. The molecular weight excluding hydrogens is 358 g/mol. The monoisotopic (exact) mass is 385 g/mol. The predicted octanol–water partition coefficient (Wildman–Crippen LogP) is 5.53. The molecule has 1 heterocycles. The van der Waals surface area contributed by atoms with Gasteiger partial charge in [-0.15, -0.1) is 11.3 Å². The van der Waals surface area contributed by atoms with Crippen molar-refractivity contribution in [2.24, 2.45) is 0 Å². The summed E-state index contributed by atoms with van der Waals surface area (Å²) in [6.07, 6.45) is 6.17. The zero-order valence-corrected chi connectivity index (χ0v) is 17.0. The Hall–Kier alpha value is -2.40. The molecule has 0 unspecified atom stereocenters. The first-order valence-electron chi connectivity index (χ1n) is 9.32. The first-order chi connectivity index (χ1) is 13.1. The van der Waals surface area contributed by atoms with E-state index in [0.29, 0.717) is 10.4 Å². The smallest absolute Gasteiger partial charge is 0.337 e. The molecule has 0 aliphatic rings. The van der Waals surface area contributed by atoms with Gasteiger partial charge in [0.15, 0.2) is 0 Å². The fourth-order valence-corrected chi connectivity index (χ4v) is 3.54. The number of carbonyl (C=O) groups excluding carboxylic acids is 2. The number of methoxy groups -OCH3 is 1. The van der Waals surface area contributed by atoms with Gasteiger partial charge in [-0.25, -0.2) is 4.79 Å². The van der Waals surface area contributed by atoms with E-state index in [1.54, 1.807) is 12.1 Å². The van der Waals surface area contributed by atoms with Crippen molar-refractivity contribution in [1.82, 2.24) is 5.32 Å². The number of ether oxygens (including phenoxy) is 1. The Morgan fingerprint density at radius 3 is 2.44 bits per heavy atom. The fourth-order valence-electron chi connectivity index (χ4n) is 2.91. The maximum Gasteiger partial charge on any atom is 0.337 e. The highest BCUT2D eigenvalue weighted by atomic mass is 32.1. The Balaban J connectivity index is 2.35. The molecule has 1 atom stereocenters. The van der Waals surface area contributed by atoms with Crippen molar-refractivity contribution in [3.05, 3.63) is 69.4 Å². The highest BCUT2D eigenvalue weighted by Gasteiger charge is 2.20. The van der Waals surface area contributed by atoms with Crippen molar-refractivity contribution in [3.63, 3.8) is 0 Å². The van der Waals surface area contributed by atoms with Crippen LogP contribution in [0.25, 0.3) is 0 Å². The first-order valence-corrected chi connectivity index (χ1v) is 10.2. The van der Waals surface area contributed by atoms with Gasteiger partial charge in [0.2, 0.25) is 0 Å². The van der Waals surface area contributed by atoms with Crippen LogP contribution in [0, 0.1) is 0 Å². The van der Waals surface area contributed by atoms with E-state index < -0.39 is 0 Å². The first kappa shape index (κ1) is 20.9. The Morgan fingerprint density at radius 1 is 1.15 bits per heavy atom. The molecule has 0 spiro atoms. The van der Waals surface area contributed by atoms with Gasteiger partial charge >= 0.3 is 5.97 Å². The van der Waals surface area contributed by atoms with Gasteiger partial charge < -0.3 is 10.1 Å². The zero-order valence-electron chi connectivity index (χ0n) is 16.2. The van der Waals surface area contributed by atoms with Crippen LogP contribution < -0.4 is 5.32 Å². The normalized spacial score (nSPS) is 12.5. The Kier molecular flexibility index (Phi) is 8.27. The molecule has 2 aromatic rings. The highest BCUT2D eigenvalue weighted by molar-refractivity contribution is 7.12. The Morgan fingerprint density at radius 2 is 1.89 bits per heavy atom. The Bertz CT molecular complexity index is 763. The summed E-state index contributed by atoms with van der Waals surface area (Å²) < 4.78 is 4.77. The molecule has 0 saturated carbocycles. The maximum absolute atomic E-state index is 12.7. The van der Waals surface area contributed by atoms with Crippen molar-refractivity contribution in [1.29, 1.82) is 0 Å². The number of esters is 1. The van der Waals surface area contributed by atoms with Crippen LogP contribution in [0.3, 0.4) is 0 Å². The maximum atomic E-state index is 12.7. The number of hydrogen-bond acceptors (Lipinski definition) is 4. The largest absolute Gasteiger partial charge is 0.465 e. The molecule has 144 valence electrons. The highest BCUT2D eigenvalue weighted by Crippen LogP contribution is 2.27. The van der Waals surface area contributed by atoms with Gasteiger partial charge in [-0.05, 0) is 47.6 Å². The molecule has 5 heteroatoms. The van der Waals surface area contributed by atoms with Gasteiger partial charge in [-0.1, -0.05) is 51.0 Å². The average molecular weight is 386 g/mol. The summed E-state index contributed by atoms with van der Waals surface area (Å²) >= 11 is 1.43. The predicted molar refractivity (Wildman–Crippen MR) is 110 cm³/mol. The van der Waals surface area contributed by atoms with E-state index in [0.717, 1.165) is 31.2 Å². The molecule has 0 fully saturated rings. The third-order valence-corrected chi connectivity index (χ3v) is 5.16. The number of carbonyl (C=O) groups is 2. The van der Waals surface area contributed by atoms with Crippen molar-refractivity contribution < 1.29 is 14.3 Å². The van der Waals surface area contributed by atoms with Gasteiger partial charge in [-0.3, -0.25) is 4.79 Å². The van der Waals surface area contributed by atoms with E-state index in [2.05, 4.69) is 25.2 Å². The van der Waals surface area contributed by atoms with E-state index in [4.69, 9.17) is 4.74 Å². The van der Waals surface area contributed by atoms with E-state index >= 15 is 0 Å². The molecular formula is C22H27NO3S. The minimum absolute atomic E-state index is 0.0782. The average Bonchev–Trinajstić information content (AvgIpc) is 3.24. The summed E-state index contributed by atoms with van der Waals surface area (Å²) in [4.78, 5) is 25.1. The molecule has 0 radical (unpaired) electrons. The number of amides is 1. The molecule has 1 aromatic carbocycles. The number of benzene rings is 1. The lowest BCUT2D eigenvalue weighted by molar-refractivity contribution is 0.0600. The summed E-state index contributed by atoms with van der Waals surface area (Å²) in [7, 11) is 1.37. The molecule has 4 nitrogen and oxygen atoms in total. The number of allylic oxidation sites excluding steroid dienone is 1. The molecule has 0 aliphatic carbocycles. The number of unbranched alkanes of at least 4 members (excludes halogenated alkanes) is 1. The lowest BCUT2D eigenvalue weighted by Crippen LogP contribution is -2.29. The Labute approximate surface area is 165 Å². The summed E-state index contributed by atoms with van der Waals surface area (Å²) in [6, 6.07) is 10.8. The number of hydrogen-bond donors (Lipinski definition) is 1. The van der Waals surface area contributed by atoms with Crippen LogP contribution in [0.4, 0.5) is 0 Å². The van der Waals surface area contributed by atoms with Crippen LogP contribution in [-0.4, -0.2) is 19.0 Å². The van der Waals surface area contributed by atoms with Gasteiger partial charge in [0.05, 0.1) is 23.6 Å². The van der Waals surface area contributed by atoms with Crippen molar-refractivity contribution in [2.45, 2.75) is 45.6 Å². The minimum atomic E-state index is -0.365. The molecule has 27 heavy (non-hydrogen) atoms. The zero-order chi connectivity index (χ0) is 19.6. The van der Waals surface area contributed by atoms with E-state index in [1.165, 1.54) is 24.0 Å². The second kappa shape index (κ2) is 10.7. The second-order valence-corrected chi connectivity index (χ2v) is 7.26. The molecule has 1 amide bonds. The van der Waals surface area contributed by atoms with E-state index in [-0.39, 0.29) is 17.9 Å². The van der Waals surface area contributed by atoms with E-state index in [9.17, 15) is 9.59 Å². The van der Waals surface area contributed by atoms with Crippen LogP contribution in [-0.2, 0) is 4.74 Å². The van der Waals surface area contributed by atoms with Gasteiger partial charge in [-0.2, -0.15) is 0 Å². The summed E-state index contributed by atoms with van der Waals surface area (Å²) in [5.74, 6) is -0.443. The van der Waals surface area contributed by atoms with Crippen LogP contribution >= 0.6 is 11.3 Å². The summed E-state index contributed by atoms with van der Waals surface area (Å²) in [6.45, 7) is 4.28. The third kappa shape index (κ3) is 5.79. The fraction of sp³-hybridized carbons (Fsp3) is 0.364. The van der Waals surface area contributed by atoms with Crippen LogP contribution in [0.2, 0.25) is 0 Å². The number of rotatable bonds is 9. The number of nitrogens with one attached hydrogen (secondary N) is 1. The molecule has 1 aromatic heterocycles.